The van der Waals surface area contributed by atoms with Crippen LogP contribution in [0.15, 0.2) is 47.4 Å². The molecular formula is C21H19ClN8O5. The molecule has 0 saturated carbocycles. The van der Waals surface area contributed by atoms with Crippen LogP contribution in [0.25, 0.3) is 16.7 Å². The van der Waals surface area contributed by atoms with Crippen LogP contribution in [-0.2, 0) is 14.3 Å². The predicted octanol–water partition coefficient (Wildman–Crippen LogP) is 1.16. The van der Waals surface area contributed by atoms with Crippen LogP contribution in [0, 0.1) is 0 Å². The van der Waals surface area contributed by atoms with Gasteiger partial charge in [-0.25, -0.2) is 4.68 Å². The van der Waals surface area contributed by atoms with E-state index in [1.54, 1.807) is 18.3 Å². The van der Waals surface area contributed by atoms with Crippen molar-refractivity contribution in [1.82, 2.24) is 25.1 Å². The van der Waals surface area contributed by atoms with E-state index in [0.717, 1.165) is 0 Å². The molecule has 0 bridgehead atoms. The first kappa shape index (κ1) is 22.7. The summed E-state index contributed by atoms with van der Waals surface area (Å²) < 4.78 is 12.2. The van der Waals surface area contributed by atoms with Gasteiger partial charge in [0.1, 0.15) is 0 Å². The molecule has 1 aromatic carbocycles. The van der Waals surface area contributed by atoms with Crippen LogP contribution >= 0.6 is 11.6 Å². The molecular weight excluding hydrogens is 480 g/mol. The van der Waals surface area contributed by atoms with Crippen molar-refractivity contribution in [3.8, 4) is 5.69 Å². The second kappa shape index (κ2) is 8.61. The highest BCUT2D eigenvalue weighted by Gasteiger charge is 2.49. The van der Waals surface area contributed by atoms with E-state index in [1.165, 1.54) is 41.0 Å². The Morgan fingerprint density at radius 2 is 2.17 bits per heavy atom. The maximum absolute atomic E-state index is 13.2. The SMILES string of the molecule is C[C@](O)(C(=O)Nc1cc(Cl)c2c(N)noc2c1)[C@H]1OCCN(c2ccn(-c3ccnnc3)n2)C1=O. The number of hydrogen-bond donors (Lipinski definition) is 3. The quantitative estimate of drug-likeness (QED) is 0.362. The van der Waals surface area contributed by atoms with Crippen LogP contribution in [0.5, 0.6) is 0 Å². The van der Waals surface area contributed by atoms with E-state index in [1.807, 2.05) is 0 Å². The van der Waals surface area contributed by atoms with Crippen LogP contribution in [-0.4, -0.2) is 66.9 Å². The molecule has 14 heteroatoms. The van der Waals surface area contributed by atoms with Crippen molar-refractivity contribution in [2.75, 3.05) is 29.1 Å². The first-order chi connectivity index (χ1) is 16.8. The summed E-state index contributed by atoms with van der Waals surface area (Å²) in [6, 6.07) is 6.23. The summed E-state index contributed by atoms with van der Waals surface area (Å²) >= 11 is 6.22. The fourth-order valence-corrected chi connectivity index (χ4v) is 4.04. The van der Waals surface area contributed by atoms with Gasteiger partial charge in [0.25, 0.3) is 11.8 Å². The molecule has 3 aromatic heterocycles. The molecule has 1 aliphatic heterocycles. The van der Waals surface area contributed by atoms with E-state index in [9.17, 15) is 14.7 Å². The Morgan fingerprint density at radius 3 is 2.94 bits per heavy atom. The molecule has 35 heavy (non-hydrogen) atoms. The molecule has 1 aliphatic rings. The Hall–Kier alpha value is -4.07. The molecule has 1 fully saturated rings. The summed E-state index contributed by atoms with van der Waals surface area (Å²) in [4.78, 5) is 27.6. The number of nitrogens with two attached hydrogens (primary N) is 1. The molecule has 2 amide bonds. The topological polar surface area (TPSA) is 175 Å². The predicted molar refractivity (Wildman–Crippen MR) is 124 cm³/mol. The van der Waals surface area contributed by atoms with Gasteiger partial charge in [0.15, 0.2) is 28.9 Å². The minimum absolute atomic E-state index is 0.0820. The van der Waals surface area contributed by atoms with Crippen molar-refractivity contribution in [3.05, 3.63) is 47.9 Å². The van der Waals surface area contributed by atoms with Gasteiger partial charge in [-0.1, -0.05) is 16.8 Å². The number of fused-ring (bicyclic) bond motifs is 1. The highest BCUT2D eigenvalue weighted by atomic mass is 35.5. The Bertz CT molecular complexity index is 1420. The molecule has 4 aromatic rings. The van der Waals surface area contributed by atoms with Gasteiger partial charge in [-0.3, -0.25) is 14.5 Å². The minimum Gasteiger partial charge on any atom is -0.380 e. The fraction of sp³-hybridized carbons (Fsp3) is 0.238. The normalized spacial score (nSPS) is 18.0. The number of nitrogens with zero attached hydrogens (tertiary/aromatic N) is 6. The van der Waals surface area contributed by atoms with Gasteiger partial charge >= 0.3 is 0 Å². The number of morpholine rings is 1. The van der Waals surface area contributed by atoms with Crippen LogP contribution in [0.4, 0.5) is 17.3 Å². The molecule has 0 aliphatic carbocycles. The lowest BCUT2D eigenvalue weighted by atomic mass is 9.95. The maximum atomic E-state index is 13.2. The lowest BCUT2D eigenvalue weighted by Crippen LogP contribution is -2.61. The fourth-order valence-electron chi connectivity index (χ4n) is 3.73. The number of carbonyl (C=O) groups excluding carboxylic acids is 2. The molecule has 180 valence electrons. The summed E-state index contributed by atoms with van der Waals surface area (Å²) in [5.74, 6) is -1.06. The summed E-state index contributed by atoms with van der Waals surface area (Å²) in [6.45, 7) is 1.47. The van der Waals surface area contributed by atoms with Crippen LogP contribution in [0.2, 0.25) is 5.02 Å². The molecule has 0 spiro atoms. The second-order valence-electron chi connectivity index (χ2n) is 7.96. The van der Waals surface area contributed by atoms with Gasteiger partial charge in [-0.05, 0) is 19.1 Å². The number of amides is 2. The number of ether oxygens (including phenoxy) is 1. The van der Waals surface area contributed by atoms with E-state index < -0.39 is 23.5 Å². The van der Waals surface area contributed by atoms with Crippen molar-refractivity contribution in [1.29, 1.82) is 0 Å². The summed E-state index contributed by atoms with van der Waals surface area (Å²) in [7, 11) is 0. The van der Waals surface area contributed by atoms with Crippen molar-refractivity contribution in [2.45, 2.75) is 18.6 Å². The number of halogens is 1. The number of benzene rings is 1. The third-order valence-electron chi connectivity index (χ3n) is 5.56. The second-order valence-corrected chi connectivity index (χ2v) is 8.37. The summed E-state index contributed by atoms with van der Waals surface area (Å²) in [5.41, 5.74) is 4.61. The Balaban J connectivity index is 1.35. The van der Waals surface area contributed by atoms with Gasteiger partial charge < -0.3 is 25.4 Å². The smallest absolute Gasteiger partial charge is 0.260 e. The van der Waals surface area contributed by atoms with Gasteiger partial charge in [0, 0.05) is 24.0 Å². The first-order valence-corrected chi connectivity index (χ1v) is 10.8. The van der Waals surface area contributed by atoms with E-state index in [4.69, 9.17) is 26.6 Å². The standard InChI is InChI=1S/C21H19ClN8O5/c1-21(33,20(32)26-11-8-13(22)16-14(9-11)35-28-18(16)23)17-19(31)29(6-7-34-17)15-3-5-30(27-15)12-2-4-24-25-10-12/h2-5,8-10,17,33H,6-7H2,1H3,(H2,23,28)(H,26,32)/t17-,21+/m0/s1. The van der Waals surface area contributed by atoms with E-state index in [-0.39, 0.29) is 35.3 Å². The third kappa shape index (κ3) is 4.05. The van der Waals surface area contributed by atoms with Crippen LogP contribution in [0.3, 0.4) is 0 Å². The first-order valence-electron chi connectivity index (χ1n) is 10.4. The third-order valence-corrected chi connectivity index (χ3v) is 5.85. The Kier molecular flexibility index (Phi) is 5.59. The molecule has 5 rings (SSSR count). The molecule has 13 nitrogen and oxygen atoms in total. The van der Waals surface area contributed by atoms with Crippen molar-refractivity contribution in [3.63, 3.8) is 0 Å². The Morgan fingerprint density at radius 1 is 1.34 bits per heavy atom. The maximum Gasteiger partial charge on any atom is 0.260 e. The van der Waals surface area contributed by atoms with Gasteiger partial charge in [0.2, 0.25) is 0 Å². The summed E-state index contributed by atoms with van der Waals surface area (Å²) in [5, 5.41) is 29.8. The van der Waals surface area contributed by atoms with E-state index in [2.05, 4.69) is 25.8 Å². The number of nitrogen functional groups attached to an aromatic ring is 1. The number of anilines is 3. The van der Waals surface area contributed by atoms with E-state index >= 15 is 0 Å². The van der Waals surface area contributed by atoms with Crippen molar-refractivity contribution in [2.24, 2.45) is 0 Å². The minimum atomic E-state index is -2.23. The largest absolute Gasteiger partial charge is 0.380 e. The monoisotopic (exact) mass is 498 g/mol. The highest BCUT2D eigenvalue weighted by molar-refractivity contribution is 6.36. The lowest BCUT2D eigenvalue weighted by molar-refractivity contribution is -0.165. The Labute approximate surface area is 202 Å². The zero-order chi connectivity index (χ0) is 24.7. The number of rotatable bonds is 5. The zero-order valence-corrected chi connectivity index (χ0v) is 19.0. The average Bonchev–Trinajstić information content (AvgIpc) is 3.47. The summed E-state index contributed by atoms with van der Waals surface area (Å²) in [6.07, 6.45) is 3.21. The van der Waals surface area contributed by atoms with E-state index in [0.29, 0.717) is 16.9 Å². The zero-order valence-electron chi connectivity index (χ0n) is 18.3. The number of carbonyl (C=O) groups is 2. The molecule has 0 radical (unpaired) electrons. The van der Waals surface area contributed by atoms with Gasteiger partial charge in [-0.2, -0.15) is 10.2 Å². The molecule has 1 saturated heterocycles. The average molecular weight is 499 g/mol. The molecule has 0 unspecified atom stereocenters. The lowest BCUT2D eigenvalue weighted by Gasteiger charge is -2.37. The number of aromatic nitrogens is 5. The van der Waals surface area contributed by atoms with Crippen LogP contribution < -0.4 is 16.0 Å². The van der Waals surface area contributed by atoms with Crippen LogP contribution in [0.1, 0.15) is 6.92 Å². The molecule has 2 atom stereocenters. The number of hydrogen-bond acceptors (Lipinski definition) is 10. The highest BCUT2D eigenvalue weighted by Crippen LogP contribution is 2.32. The van der Waals surface area contributed by atoms with Crippen molar-refractivity contribution >= 4 is 51.7 Å². The van der Waals surface area contributed by atoms with Gasteiger partial charge in [-0.15, -0.1) is 5.10 Å². The molecule has 4 heterocycles. The number of nitrogens with one attached hydrogen (secondary N) is 1. The van der Waals surface area contributed by atoms with Crippen molar-refractivity contribution < 1.29 is 24.0 Å². The number of aliphatic hydroxyl groups is 1. The van der Waals surface area contributed by atoms with Gasteiger partial charge in [0.05, 0.1) is 41.6 Å². The molecule has 4 N–H and O–H groups in total.